The molecular weight excluding hydrogens is 366 g/mol. The van der Waals surface area contributed by atoms with Gasteiger partial charge in [0.1, 0.15) is 5.58 Å². The quantitative estimate of drug-likeness (QED) is 0.624. The van der Waals surface area contributed by atoms with Crippen LogP contribution in [0.5, 0.6) is 0 Å². The van der Waals surface area contributed by atoms with Gasteiger partial charge in [-0.15, -0.1) is 0 Å². The number of benzene rings is 2. The number of halogens is 1. The van der Waals surface area contributed by atoms with Gasteiger partial charge in [-0.25, -0.2) is 0 Å². The molecule has 0 saturated carbocycles. The van der Waals surface area contributed by atoms with Gasteiger partial charge in [0.25, 0.3) is 5.91 Å². The first kappa shape index (κ1) is 17.8. The Morgan fingerprint density at radius 1 is 1.15 bits per heavy atom. The third-order valence-corrected chi connectivity index (χ3v) is 5.02. The summed E-state index contributed by atoms with van der Waals surface area (Å²) in [5.74, 6) is -0.171. The molecule has 2 heterocycles. The molecule has 1 aromatic heterocycles. The van der Waals surface area contributed by atoms with Crippen LogP contribution in [0.15, 0.2) is 57.7 Å². The van der Waals surface area contributed by atoms with Gasteiger partial charge < -0.3 is 14.1 Å². The van der Waals surface area contributed by atoms with Crippen LogP contribution in [0.2, 0.25) is 5.02 Å². The van der Waals surface area contributed by atoms with Crippen LogP contribution in [0.1, 0.15) is 34.1 Å². The van der Waals surface area contributed by atoms with Crippen LogP contribution in [-0.4, -0.2) is 31.1 Å². The lowest BCUT2D eigenvalue weighted by molar-refractivity contribution is 0.0708. The van der Waals surface area contributed by atoms with E-state index in [2.05, 4.69) is 0 Å². The van der Waals surface area contributed by atoms with Crippen molar-refractivity contribution in [3.63, 3.8) is 0 Å². The number of para-hydroxylation sites is 1. The maximum atomic E-state index is 13.2. The first-order chi connectivity index (χ1) is 13.1. The highest BCUT2D eigenvalue weighted by Gasteiger charge is 2.42. The van der Waals surface area contributed by atoms with Crippen molar-refractivity contribution in [2.45, 2.75) is 12.5 Å². The number of carbonyl (C=O) groups excluding carboxylic acids is 1. The van der Waals surface area contributed by atoms with Crippen molar-refractivity contribution < 1.29 is 13.9 Å². The minimum atomic E-state index is -0.524. The standard InChI is InChI=1S/C21H18ClNO4/c1-26-11-5-10-23-18(13-6-4-7-14(22)12-13)17-19(24)15-8-2-3-9-16(15)27-20(17)21(23)25/h2-4,6-9,12,18H,5,10-11H2,1H3/t18-/m0/s1. The molecule has 0 saturated heterocycles. The smallest absolute Gasteiger partial charge is 0.290 e. The molecule has 27 heavy (non-hydrogen) atoms. The van der Waals surface area contributed by atoms with Crippen LogP contribution in [0.4, 0.5) is 0 Å². The zero-order valence-corrected chi connectivity index (χ0v) is 15.5. The van der Waals surface area contributed by atoms with Crippen LogP contribution in [0.3, 0.4) is 0 Å². The number of hydrogen-bond acceptors (Lipinski definition) is 4. The number of hydrogen-bond donors (Lipinski definition) is 0. The summed E-state index contributed by atoms with van der Waals surface area (Å²) >= 11 is 6.17. The predicted octanol–water partition coefficient (Wildman–Crippen LogP) is 4.03. The summed E-state index contributed by atoms with van der Waals surface area (Å²) in [6, 6.07) is 13.7. The van der Waals surface area contributed by atoms with E-state index >= 15 is 0 Å². The minimum absolute atomic E-state index is 0.112. The molecule has 1 aliphatic heterocycles. The van der Waals surface area contributed by atoms with Crippen molar-refractivity contribution in [3.05, 3.63) is 80.7 Å². The molecule has 0 N–H and O–H groups in total. The summed E-state index contributed by atoms with van der Waals surface area (Å²) in [4.78, 5) is 28.0. The molecule has 4 rings (SSSR count). The van der Waals surface area contributed by atoms with Gasteiger partial charge in [-0.2, -0.15) is 0 Å². The van der Waals surface area contributed by atoms with Gasteiger partial charge >= 0.3 is 0 Å². The fourth-order valence-corrected chi connectivity index (χ4v) is 3.80. The topological polar surface area (TPSA) is 59.8 Å². The summed E-state index contributed by atoms with van der Waals surface area (Å²) in [6.07, 6.45) is 0.654. The van der Waals surface area contributed by atoms with Crippen LogP contribution < -0.4 is 5.43 Å². The van der Waals surface area contributed by atoms with Crippen molar-refractivity contribution in [1.29, 1.82) is 0 Å². The number of nitrogens with zero attached hydrogens (tertiary/aromatic N) is 1. The molecule has 0 fully saturated rings. The Hall–Kier alpha value is -2.63. The van der Waals surface area contributed by atoms with E-state index in [9.17, 15) is 9.59 Å². The molecule has 6 heteroatoms. The van der Waals surface area contributed by atoms with Gasteiger partial charge in [0.15, 0.2) is 5.43 Å². The fourth-order valence-electron chi connectivity index (χ4n) is 3.60. The average molecular weight is 384 g/mol. The molecule has 2 aromatic carbocycles. The van der Waals surface area contributed by atoms with E-state index in [-0.39, 0.29) is 17.1 Å². The lowest BCUT2D eigenvalue weighted by Crippen LogP contribution is -2.31. The zero-order chi connectivity index (χ0) is 19.0. The van der Waals surface area contributed by atoms with Gasteiger partial charge in [0.2, 0.25) is 5.76 Å². The maximum Gasteiger partial charge on any atom is 0.290 e. The van der Waals surface area contributed by atoms with Gasteiger partial charge in [-0.3, -0.25) is 9.59 Å². The minimum Gasteiger partial charge on any atom is -0.450 e. The molecule has 5 nitrogen and oxygen atoms in total. The summed E-state index contributed by atoms with van der Waals surface area (Å²) in [5, 5.41) is 1.02. The Kier molecular flexibility index (Phi) is 4.72. The van der Waals surface area contributed by atoms with Gasteiger partial charge in [-0.1, -0.05) is 35.9 Å². The Morgan fingerprint density at radius 2 is 1.96 bits per heavy atom. The van der Waals surface area contributed by atoms with E-state index in [4.69, 9.17) is 20.8 Å². The van der Waals surface area contributed by atoms with E-state index in [1.807, 2.05) is 12.1 Å². The lowest BCUT2D eigenvalue weighted by Gasteiger charge is -2.25. The van der Waals surface area contributed by atoms with E-state index in [0.717, 1.165) is 5.56 Å². The SMILES string of the molecule is COCCCN1C(=O)c2oc3ccccc3c(=O)c2[C@@H]1c1cccc(Cl)c1. The number of amides is 1. The lowest BCUT2D eigenvalue weighted by atomic mass is 9.98. The molecule has 0 spiro atoms. The highest BCUT2D eigenvalue weighted by molar-refractivity contribution is 6.30. The third kappa shape index (κ3) is 3.03. The maximum absolute atomic E-state index is 13.2. The van der Waals surface area contributed by atoms with Crippen molar-refractivity contribution in [2.24, 2.45) is 0 Å². The van der Waals surface area contributed by atoms with Crippen molar-refractivity contribution in [1.82, 2.24) is 4.90 Å². The van der Waals surface area contributed by atoms with Gasteiger partial charge in [0, 0.05) is 25.3 Å². The molecule has 3 aromatic rings. The van der Waals surface area contributed by atoms with E-state index < -0.39 is 6.04 Å². The van der Waals surface area contributed by atoms with Crippen molar-refractivity contribution >= 4 is 28.5 Å². The number of ether oxygens (including phenoxy) is 1. The largest absolute Gasteiger partial charge is 0.450 e. The third-order valence-electron chi connectivity index (χ3n) is 4.79. The van der Waals surface area contributed by atoms with Gasteiger partial charge in [-0.05, 0) is 36.2 Å². The zero-order valence-electron chi connectivity index (χ0n) is 14.8. The molecule has 0 radical (unpaired) electrons. The molecule has 0 aliphatic carbocycles. The summed E-state index contributed by atoms with van der Waals surface area (Å²) < 4.78 is 11.0. The molecule has 1 amide bonds. The second-order valence-electron chi connectivity index (χ2n) is 6.47. The van der Waals surface area contributed by atoms with E-state index in [1.165, 1.54) is 0 Å². The highest BCUT2D eigenvalue weighted by Crippen LogP contribution is 2.38. The van der Waals surface area contributed by atoms with Crippen LogP contribution in [0, 0.1) is 0 Å². The number of carbonyl (C=O) groups is 1. The normalized spacial score (nSPS) is 16.1. The second kappa shape index (κ2) is 7.18. The summed E-state index contributed by atoms with van der Waals surface area (Å²) in [5.41, 5.74) is 1.39. The number of fused-ring (bicyclic) bond motifs is 2. The van der Waals surface area contributed by atoms with Crippen LogP contribution >= 0.6 is 11.6 Å². The number of rotatable bonds is 5. The Bertz CT molecular complexity index is 1080. The van der Waals surface area contributed by atoms with Crippen LogP contribution in [0.25, 0.3) is 11.0 Å². The predicted molar refractivity (Wildman–Crippen MR) is 103 cm³/mol. The molecule has 1 aliphatic rings. The summed E-state index contributed by atoms with van der Waals surface area (Å²) in [6.45, 7) is 0.968. The molecule has 138 valence electrons. The first-order valence-electron chi connectivity index (χ1n) is 8.73. The average Bonchev–Trinajstić information content (AvgIpc) is 2.95. The van der Waals surface area contributed by atoms with Crippen LogP contribution in [-0.2, 0) is 4.74 Å². The molecule has 0 unspecified atom stereocenters. The molecular formula is C21H18ClNO4. The monoisotopic (exact) mass is 383 g/mol. The van der Waals surface area contributed by atoms with E-state index in [0.29, 0.717) is 41.1 Å². The van der Waals surface area contributed by atoms with E-state index in [1.54, 1.807) is 48.4 Å². The second-order valence-corrected chi connectivity index (χ2v) is 6.91. The molecule has 1 atom stereocenters. The Labute approximate surface area is 161 Å². The number of methoxy groups -OCH3 is 1. The van der Waals surface area contributed by atoms with Crippen molar-refractivity contribution in [3.8, 4) is 0 Å². The van der Waals surface area contributed by atoms with Crippen molar-refractivity contribution in [2.75, 3.05) is 20.3 Å². The summed E-state index contributed by atoms with van der Waals surface area (Å²) in [7, 11) is 1.62. The van der Waals surface area contributed by atoms with Gasteiger partial charge in [0.05, 0.1) is 17.0 Å². The highest BCUT2D eigenvalue weighted by atomic mass is 35.5. The Balaban J connectivity index is 1.92. The molecule has 0 bridgehead atoms. The first-order valence-corrected chi connectivity index (χ1v) is 9.10. The fraction of sp³-hybridized carbons (Fsp3) is 0.238. The Morgan fingerprint density at radius 3 is 2.74 bits per heavy atom.